The number of aliphatic hydroxyl groups is 1. The van der Waals surface area contributed by atoms with E-state index in [1.165, 1.54) is 77.0 Å². The van der Waals surface area contributed by atoms with Crippen LogP contribution in [0.1, 0.15) is 90.4 Å². The van der Waals surface area contributed by atoms with Gasteiger partial charge in [-0.1, -0.05) is 84.0 Å². The van der Waals surface area contributed by atoms with Crippen LogP contribution in [-0.2, 0) is 0 Å². The molecule has 0 saturated heterocycles. The van der Waals surface area contributed by atoms with Gasteiger partial charge in [0.2, 0.25) is 0 Å². The molecule has 3 heteroatoms. The van der Waals surface area contributed by atoms with Gasteiger partial charge in [-0.3, -0.25) is 0 Å². The minimum absolute atomic E-state index is 0.118. The molecule has 0 aliphatic heterocycles. The number of halogens is 1. The van der Waals surface area contributed by atoms with Gasteiger partial charge in [0.25, 0.3) is 0 Å². The first-order valence-corrected chi connectivity index (χ1v) is 11.1. The van der Waals surface area contributed by atoms with Crippen molar-refractivity contribution in [2.45, 2.75) is 96.5 Å². The highest BCUT2D eigenvalue weighted by molar-refractivity contribution is 14.1. The van der Waals surface area contributed by atoms with Crippen LogP contribution in [0, 0.1) is 0 Å². The van der Waals surface area contributed by atoms with E-state index in [-0.39, 0.29) is 6.10 Å². The minimum Gasteiger partial charge on any atom is -0.387 e. The lowest BCUT2D eigenvalue weighted by atomic mass is 10.0. The Hall–Kier alpha value is 0.650. The molecule has 0 rings (SSSR count). The number of rotatable bonds is 16. The van der Waals surface area contributed by atoms with Crippen LogP contribution >= 0.6 is 22.6 Å². The van der Waals surface area contributed by atoms with Crippen molar-refractivity contribution < 1.29 is 9.59 Å². The van der Waals surface area contributed by atoms with Gasteiger partial charge in [0, 0.05) is 0 Å². The molecule has 0 spiro atoms. The monoisotopic (exact) mass is 426 g/mol. The quantitative estimate of drug-likeness (QED) is 0.107. The van der Waals surface area contributed by atoms with Gasteiger partial charge in [0.1, 0.15) is 17.2 Å². The predicted molar refractivity (Wildman–Crippen MR) is 108 cm³/mol. The van der Waals surface area contributed by atoms with Crippen LogP contribution < -0.4 is 0 Å². The Morgan fingerprint density at radius 2 is 1.18 bits per heavy atom. The van der Waals surface area contributed by atoms with Gasteiger partial charge >= 0.3 is 0 Å². The fourth-order valence-electron chi connectivity index (χ4n) is 2.93. The fraction of sp³-hybridized carbons (Fsp3) is 1.00. The number of nitrogens with zero attached hydrogens (tertiary/aromatic N) is 1. The number of hydrogen-bond acceptors (Lipinski definition) is 1. The van der Waals surface area contributed by atoms with E-state index in [0.29, 0.717) is 0 Å². The first-order chi connectivity index (χ1) is 10.5. The van der Waals surface area contributed by atoms with Crippen LogP contribution in [0.5, 0.6) is 0 Å². The SMILES string of the molecule is CCCCCCCCCCCCCC[C@@H](O)C[N+](C)(C)CI. The second-order valence-corrected chi connectivity index (χ2v) is 8.25. The summed E-state index contributed by atoms with van der Waals surface area (Å²) in [5.74, 6) is 0. The summed E-state index contributed by atoms with van der Waals surface area (Å²) in [6, 6.07) is 0. The zero-order chi connectivity index (χ0) is 16.7. The second kappa shape index (κ2) is 15.2. The van der Waals surface area contributed by atoms with Gasteiger partial charge in [-0.15, -0.1) is 0 Å². The molecule has 0 aliphatic carbocycles. The molecule has 0 radical (unpaired) electrons. The Kier molecular flexibility index (Phi) is 15.6. The highest BCUT2D eigenvalue weighted by Gasteiger charge is 2.18. The van der Waals surface area contributed by atoms with Gasteiger partial charge in [-0.2, -0.15) is 0 Å². The Bertz CT molecular complexity index is 233. The number of unbranched alkanes of at least 4 members (excludes halogenated alkanes) is 11. The van der Waals surface area contributed by atoms with Crippen LogP contribution in [0.4, 0.5) is 0 Å². The average Bonchev–Trinajstić information content (AvgIpc) is 2.48. The molecule has 1 N–H and O–H groups in total. The summed E-state index contributed by atoms with van der Waals surface area (Å²) in [5, 5.41) is 10.1. The Morgan fingerprint density at radius 3 is 1.59 bits per heavy atom. The summed E-state index contributed by atoms with van der Waals surface area (Å²) < 4.78 is 1.98. The van der Waals surface area contributed by atoms with Crippen molar-refractivity contribution in [1.82, 2.24) is 0 Å². The molecule has 0 amide bonds. The third-order valence-electron chi connectivity index (χ3n) is 4.42. The van der Waals surface area contributed by atoms with E-state index >= 15 is 0 Å². The lowest BCUT2D eigenvalue weighted by Gasteiger charge is -2.29. The van der Waals surface area contributed by atoms with Crippen molar-refractivity contribution in [2.24, 2.45) is 0 Å². The Morgan fingerprint density at radius 1 is 0.773 bits per heavy atom. The Balaban J connectivity index is 3.23. The van der Waals surface area contributed by atoms with E-state index in [4.69, 9.17) is 0 Å². The molecule has 2 nitrogen and oxygen atoms in total. The van der Waals surface area contributed by atoms with Crippen LogP contribution in [0.3, 0.4) is 0 Å². The third kappa shape index (κ3) is 15.5. The van der Waals surface area contributed by atoms with Crippen LogP contribution in [0.15, 0.2) is 0 Å². The maximum absolute atomic E-state index is 10.1. The average molecular weight is 426 g/mol. The van der Waals surface area contributed by atoms with Gasteiger partial charge in [0.05, 0.1) is 14.1 Å². The molecule has 0 fully saturated rings. The highest BCUT2D eigenvalue weighted by Crippen LogP contribution is 2.14. The maximum atomic E-state index is 10.1. The molecule has 1 atom stereocenters. The lowest BCUT2D eigenvalue weighted by Crippen LogP contribution is -2.44. The number of likely N-dealkylation sites (N-methyl/N-ethyl adjacent to an activating group) is 1. The summed E-state index contributed by atoms with van der Waals surface area (Å²) >= 11 is 2.40. The van der Waals surface area contributed by atoms with E-state index in [0.717, 1.165) is 22.0 Å². The Labute approximate surface area is 153 Å². The van der Waals surface area contributed by atoms with Crippen molar-refractivity contribution in [1.29, 1.82) is 0 Å². The summed E-state index contributed by atoms with van der Waals surface area (Å²) in [7, 11) is 4.38. The smallest absolute Gasteiger partial charge is 0.129 e. The lowest BCUT2D eigenvalue weighted by molar-refractivity contribution is -0.877. The maximum Gasteiger partial charge on any atom is 0.129 e. The molecule has 0 aromatic heterocycles. The zero-order valence-corrected chi connectivity index (χ0v) is 17.6. The normalized spacial score (nSPS) is 13.5. The standard InChI is InChI=1S/C19H41INO/c1-4-5-6-7-8-9-10-11-12-13-14-15-16-19(22)17-21(2,3)18-20/h19,22H,4-18H2,1-3H3/q+1/t19-/m1/s1. The van der Waals surface area contributed by atoms with Gasteiger partial charge in [0.15, 0.2) is 0 Å². The molecule has 0 aromatic rings. The summed E-state index contributed by atoms with van der Waals surface area (Å²) in [5.41, 5.74) is 0. The molecule has 0 saturated carbocycles. The first-order valence-electron chi connectivity index (χ1n) is 9.58. The molecule has 22 heavy (non-hydrogen) atoms. The predicted octanol–water partition coefficient (Wildman–Crippen LogP) is 5.91. The molecule has 134 valence electrons. The van der Waals surface area contributed by atoms with E-state index in [9.17, 15) is 5.11 Å². The molecule has 0 bridgehead atoms. The number of aliphatic hydroxyl groups excluding tert-OH is 1. The number of alkyl halides is 1. The van der Waals surface area contributed by atoms with Crippen molar-refractivity contribution in [2.75, 3.05) is 25.2 Å². The number of quaternary nitrogens is 1. The van der Waals surface area contributed by atoms with Crippen molar-refractivity contribution in [3.8, 4) is 0 Å². The molecule has 0 aliphatic rings. The van der Waals surface area contributed by atoms with Gasteiger partial charge < -0.3 is 9.59 Å². The van der Waals surface area contributed by atoms with Crippen LogP contribution in [0.25, 0.3) is 0 Å². The fourth-order valence-corrected chi connectivity index (χ4v) is 3.21. The van der Waals surface area contributed by atoms with Crippen LogP contribution in [-0.4, -0.2) is 40.9 Å². The molecule has 0 heterocycles. The van der Waals surface area contributed by atoms with E-state index in [1.54, 1.807) is 0 Å². The second-order valence-electron chi connectivity index (χ2n) is 7.57. The van der Waals surface area contributed by atoms with Crippen molar-refractivity contribution in [3.63, 3.8) is 0 Å². The molecular weight excluding hydrogens is 385 g/mol. The largest absolute Gasteiger partial charge is 0.387 e. The zero-order valence-electron chi connectivity index (χ0n) is 15.5. The van der Waals surface area contributed by atoms with Crippen molar-refractivity contribution in [3.05, 3.63) is 0 Å². The molecule has 0 unspecified atom stereocenters. The summed E-state index contributed by atoms with van der Waals surface area (Å²) in [4.78, 5) is 0. The van der Waals surface area contributed by atoms with Crippen LogP contribution in [0.2, 0.25) is 0 Å². The molecule has 0 aromatic carbocycles. The minimum atomic E-state index is -0.118. The van der Waals surface area contributed by atoms with E-state index in [2.05, 4.69) is 43.6 Å². The van der Waals surface area contributed by atoms with Crippen molar-refractivity contribution >= 4 is 22.6 Å². The molecular formula is C19H41INO+. The van der Waals surface area contributed by atoms with E-state index in [1.807, 2.05) is 0 Å². The summed E-state index contributed by atoms with van der Waals surface area (Å²) in [6.07, 6.45) is 17.5. The number of hydrogen-bond donors (Lipinski definition) is 1. The van der Waals surface area contributed by atoms with Gasteiger partial charge in [-0.25, -0.2) is 0 Å². The highest BCUT2D eigenvalue weighted by atomic mass is 127. The third-order valence-corrected chi connectivity index (χ3v) is 6.27. The first kappa shape index (κ1) is 22.6. The van der Waals surface area contributed by atoms with E-state index < -0.39 is 0 Å². The van der Waals surface area contributed by atoms with Gasteiger partial charge in [-0.05, 0) is 29.0 Å². The summed E-state index contributed by atoms with van der Waals surface area (Å²) in [6.45, 7) is 3.17. The topological polar surface area (TPSA) is 20.2 Å².